The van der Waals surface area contributed by atoms with Crippen molar-refractivity contribution in [3.63, 3.8) is 0 Å². The number of amides is 1. The Morgan fingerprint density at radius 3 is 2.30 bits per heavy atom. The van der Waals surface area contributed by atoms with Crippen LogP contribution >= 0.6 is 0 Å². The van der Waals surface area contributed by atoms with Gasteiger partial charge in [0.15, 0.2) is 11.5 Å². The standard InChI is InChI=1S/C17H25NO5/c1-6-23-16(19)11-18(17(20)12(2)3)10-13-7-8-14(21-4)15(9-13)22-5/h7-9,12H,6,10-11H2,1-5H3. The average molecular weight is 323 g/mol. The molecule has 1 aromatic carbocycles. The van der Waals surface area contributed by atoms with Crippen LogP contribution in [0.5, 0.6) is 11.5 Å². The predicted molar refractivity (Wildman–Crippen MR) is 86.4 cm³/mol. The number of rotatable bonds is 8. The third-order valence-electron chi connectivity index (χ3n) is 3.25. The molecule has 0 aliphatic carbocycles. The molecule has 0 bridgehead atoms. The Hall–Kier alpha value is -2.24. The highest BCUT2D eigenvalue weighted by Crippen LogP contribution is 2.28. The second kappa shape index (κ2) is 9.02. The molecule has 0 saturated carbocycles. The number of hydrogen-bond acceptors (Lipinski definition) is 5. The Kier molecular flexibility index (Phi) is 7.38. The summed E-state index contributed by atoms with van der Waals surface area (Å²) in [5, 5.41) is 0. The van der Waals surface area contributed by atoms with Crippen LogP contribution in [0, 0.1) is 5.92 Å². The molecule has 1 aromatic rings. The molecule has 0 aromatic heterocycles. The van der Waals surface area contributed by atoms with Crippen LogP contribution < -0.4 is 9.47 Å². The monoisotopic (exact) mass is 323 g/mol. The molecule has 0 unspecified atom stereocenters. The van der Waals surface area contributed by atoms with Crippen LogP contribution in [0.15, 0.2) is 18.2 Å². The smallest absolute Gasteiger partial charge is 0.325 e. The van der Waals surface area contributed by atoms with E-state index in [-0.39, 0.29) is 18.4 Å². The van der Waals surface area contributed by atoms with Gasteiger partial charge in [0.2, 0.25) is 5.91 Å². The maximum Gasteiger partial charge on any atom is 0.325 e. The van der Waals surface area contributed by atoms with E-state index in [1.54, 1.807) is 47.1 Å². The van der Waals surface area contributed by atoms with Gasteiger partial charge in [-0.3, -0.25) is 9.59 Å². The lowest BCUT2D eigenvalue weighted by atomic mass is 10.1. The van der Waals surface area contributed by atoms with Gasteiger partial charge in [0.25, 0.3) is 0 Å². The summed E-state index contributed by atoms with van der Waals surface area (Å²) in [6.45, 7) is 5.86. The van der Waals surface area contributed by atoms with Crippen molar-refractivity contribution in [2.45, 2.75) is 27.3 Å². The molecular weight excluding hydrogens is 298 g/mol. The van der Waals surface area contributed by atoms with Gasteiger partial charge in [0, 0.05) is 12.5 Å². The SMILES string of the molecule is CCOC(=O)CN(Cc1ccc(OC)c(OC)c1)C(=O)C(C)C. The third-order valence-corrected chi connectivity index (χ3v) is 3.25. The first kappa shape index (κ1) is 18.8. The lowest BCUT2D eigenvalue weighted by molar-refractivity contribution is -0.150. The average Bonchev–Trinajstić information content (AvgIpc) is 2.53. The Balaban J connectivity index is 2.95. The van der Waals surface area contributed by atoms with Gasteiger partial charge < -0.3 is 19.1 Å². The molecule has 0 atom stereocenters. The van der Waals surface area contributed by atoms with Crippen LogP contribution in [0.4, 0.5) is 0 Å². The van der Waals surface area contributed by atoms with Gasteiger partial charge >= 0.3 is 5.97 Å². The van der Waals surface area contributed by atoms with Gasteiger partial charge in [-0.1, -0.05) is 19.9 Å². The Morgan fingerprint density at radius 1 is 1.13 bits per heavy atom. The fraction of sp³-hybridized carbons (Fsp3) is 0.529. The largest absolute Gasteiger partial charge is 0.493 e. The molecule has 0 fully saturated rings. The number of nitrogens with zero attached hydrogens (tertiary/aromatic N) is 1. The van der Waals surface area contributed by atoms with Gasteiger partial charge in [-0.15, -0.1) is 0 Å². The van der Waals surface area contributed by atoms with E-state index in [1.807, 2.05) is 6.07 Å². The lowest BCUT2D eigenvalue weighted by Crippen LogP contribution is -2.38. The Labute approximate surface area is 137 Å². The second-order valence-corrected chi connectivity index (χ2v) is 5.34. The van der Waals surface area contributed by atoms with Crippen LogP contribution in [0.1, 0.15) is 26.3 Å². The first-order valence-corrected chi connectivity index (χ1v) is 7.58. The zero-order valence-electron chi connectivity index (χ0n) is 14.4. The van der Waals surface area contributed by atoms with Crippen LogP contribution in [0.2, 0.25) is 0 Å². The highest BCUT2D eigenvalue weighted by molar-refractivity contribution is 5.83. The third kappa shape index (κ3) is 5.47. The van der Waals surface area contributed by atoms with Crippen molar-refractivity contribution in [1.29, 1.82) is 0 Å². The fourth-order valence-electron chi connectivity index (χ4n) is 2.14. The fourth-order valence-corrected chi connectivity index (χ4v) is 2.14. The van der Waals surface area contributed by atoms with Crippen molar-refractivity contribution < 1.29 is 23.8 Å². The van der Waals surface area contributed by atoms with Gasteiger partial charge in [-0.05, 0) is 24.6 Å². The molecule has 0 N–H and O–H groups in total. The summed E-state index contributed by atoms with van der Waals surface area (Å²) in [7, 11) is 3.12. The van der Waals surface area contributed by atoms with E-state index < -0.39 is 5.97 Å². The number of benzene rings is 1. The number of esters is 1. The van der Waals surface area contributed by atoms with E-state index in [9.17, 15) is 9.59 Å². The summed E-state index contributed by atoms with van der Waals surface area (Å²) < 4.78 is 15.4. The van der Waals surface area contributed by atoms with E-state index in [1.165, 1.54) is 4.90 Å². The van der Waals surface area contributed by atoms with Crippen LogP contribution in [-0.4, -0.2) is 44.1 Å². The van der Waals surface area contributed by atoms with E-state index in [2.05, 4.69) is 0 Å². The summed E-state index contributed by atoms with van der Waals surface area (Å²) >= 11 is 0. The summed E-state index contributed by atoms with van der Waals surface area (Å²) in [5.41, 5.74) is 0.848. The molecule has 6 nitrogen and oxygen atoms in total. The van der Waals surface area contributed by atoms with Gasteiger partial charge in [0.1, 0.15) is 6.54 Å². The molecule has 1 rings (SSSR count). The van der Waals surface area contributed by atoms with Crippen LogP contribution in [0.3, 0.4) is 0 Å². The minimum absolute atomic E-state index is 0.0702. The van der Waals surface area contributed by atoms with Gasteiger partial charge in [-0.2, -0.15) is 0 Å². The summed E-state index contributed by atoms with van der Waals surface area (Å²) in [5.74, 6) is 0.473. The van der Waals surface area contributed by atoms with Crippen LogP contribution in [-0.2, 0) is 20.9 Å². The van der Waals surface area contributed by atoms with Crippen molar-refractivity contribution in [1.82, 2.24) is 4.90 Å². The molecule has 23 heavy (non-hydrogen) atoms. The second-order valence-electron chi connectivity index (χ2n) is 5.34. The topological polar surface area (TPSA) is 65.1 Å². The van der Waals surface area contributed by atoms with E-state index in [0.717, 1.165) is 5.56 Å². The number of hydrogen-bond donors (Lipinski definition) is 0. The quantitative estimate of drug-likeness (QED) is 0.687. The molecule has 0 saturated heterocycles. The van der Waals surface area contributed by atoms with Crippen molar-refractivity contribution in [3.8, 4) is 11.5 Å². The minimum atomic E-state index is -0.415. The van der Waals surface area contributed by atoms with Crippen molar-refractivity contribution in [3.05, 3.63) is 23.8 Å². The molecule has 0 aliphatic heterocycles. The van der Waals surface area contributed by atoms with E-state index >= 15 is 0 Å². The van der Waals surface area contributed by atoms with Crippen LogP contribution in [0.25, 0.3) is 0 Å². The molecule has 6 heteroatoms. The molecule has 0 heterocycles. The predicted octanol–water partition coefficient (Wildman–Crippen LogP) is 2.25. The number of methoxy groups -OCH3 is 2. The highest BCUT2D eigenvalue weighted by atomic mass is 16.5. The number of carbonyl (C=O) groups is 2. The zero-order valence-corrected chi connectivity index (χ0v) is 14.4. The van der Waals surface area contributed by atoms with Crippen molar-refractivity contribution >= 4 is 11.9 Å². The zero-order chi connectivity index (χ0) is 17.4. The summed E-state index contributed by atoms with van der Waals surface area (Å²) in [6, 6.07) is 5.41. The van der Waals surface area contributed by atoms with Gasteiger partial charge in [-0.25, -0.2) is 0 Å². The van der Waals surface area contributed by atoms with Crippen molar-refractivity contribution in [2.75, 3.05) is 27.4 Å². The molecule has 0 aliphatic rings. The lowest BCUT2D eigenvalue weighted by Gasteiger charge is -2.24. The molecule has 0 radical (unpaired) electrons. The minimum Gasteiger partial charge on any atom is -0.493 e. The first-order chi connectivity index (χ1) is 10.9. The first-order valence-electron chi connectivity index (χ1n) is 7.58. The maximum absolute atomic E-state index is 12.3. The van der Waals surface area contributed by atoms with Gasteiger partial charge in [0.05, 0.1) is 20.8 Å². The molecule has 128 valence electrons. The summed E-state index contributed by atoms with van der Waals surface area (Å²) in [4.78, 5) is 25.6. The Morgan fingerprint density at radius 2 is 1.78 bits per heavy atom. The highest BCUT2D eigenvalue weighted by Gasteiger charge is 2.21. The number of ether oxygens (including phenoxy) is 3. The molecular formula is C17H25NO5. The Bertz CT molecular complexity index is 542. The maximum atomic E-state index is 12.3. The number of carbonyl (C=O) groups excluding carboxylic acids is 2. The van der Waals surface area contributed by atoms with E-state index in [4.69, 9.17) is 14.2 Å². The van der Waals surface area contributed by atoms with Crippen molar-refractivity contribution in [2.24, 2.45) is 5.92 Å². The summed E-state index contributed by atoms with van der Waals surface area (Å²) in [6.07, 6.45) is 0. The molecule has 0 spiro atoms. The normalized spacial score (nSPS) is 10.3. The van der Waals surface area contributed by atoms with E-state index in [0.29, 0.717) is 24.7 Å². The molecule has 1 amide bonds.